The number of likely N-dealkylation sites (tertiary alicyclic amines) is 1. The molecule has 0 saturated carbocycles. The number of hydrogen-bond acceptors (Lipinski definition) is 5. The first-order chi connectivity index (χ1) is 10.6. The molecule has 2 aliphatic heterocycles. The second-order valence-electron chi connectivity index (χ2n) is 6.37. The Hall–Kier alpha value is -1.69. The fourth-order valence-electron chi connectivity index (χ4n) is 3.26. The van der Waals surface area contributed by atoms with Gasteiger partial charge in [-0.1, -0.05) is 0 Å². The van der Waals surface area contributed by atoms with Gasteiger partial charge >= 0.3 is 6.09 Å². The summed E-state index contributed by atoms with van der Waals surface area (Å²) in [4.78, 5) is 24.7. The third-order valence-electron chi connectivity index (χ3n) is 4.63. The maximum absolute atomic E-state index is 11.8. The third-order valence-corrected chi connectivity index (χ3v) is 4.63. The summed E-state index contributed by atoms with van der Waals surface area (Å²) in [6.07, 6.45) is 6.29. The van der Waals surface area contributed by atoms with E-state index in [1.165, 1.54) is 12.8 Å². The minimum atomic E-state index is -0.309. The number of anilines is 1. The van der Waals surface area contributed by atoms with Gasteiger partial charge in [-0.25, -0.2) is 9.78 Å². The molecule has 2 saturated heterocycles. The van der Waals surface area contributed by atoms with E-state index in [0.29, 0.717) is 30.9 Å². The lowest BCUT2D eigenvalue weighted by Gasteiger charge is -2.34. The smallest absolute Gasteiger partial charge is 0.415 e. The van der Waals surface area contributed by atoms with Crippen LogP contribution in [0.1, 0.15) is 32.4 Å². The maximum atomic E-state index is 11.8. The second kappa shape index (κ2) is 6.60. The molecule has 0 N–H and O–H groups in total. The van der Waals surface area contributed by atoms with Gasteiger partial charge in [0.15, 0.2) is 5.82 Å². The highest BCUT2D eigenvalue weighted by Gasteiger charge is 2.29. The van der Waals surface area contributed by atoms with Crippen LogP contribution in [0.4, 0.5) is 10.6 Å². The highest BCUT2D eigenvalue weighted by molar-refractivity contribution is 5.88. The average Bonchev–Trinajstić information content (AvgIpc) is 2.94. The molecule has 1 aromatic heterocycles. The molecule has 6 nitrogen and oxygen atoms in total. The second-order valence-corrected chi connectivity index (χ2v) is 6.37. The number of cyclic esters (lactones) is 1. The normalized spacial score (nSPS) is 20.7. The van der Waals surface area contributed by atoms with E-state index in [4.69, 9.17) is 4.74 Å². The van der Waals surface area contributed by atoms with Gasteiger partial charge in [0.2, 0.25) is 0 Å². The number of ether oxygens (including phenoxy) is 1. The van der Waals surface area contributed by atoms with Gasteiger partial charge in [-0.2, -0.15) is 0 Å². The third kappa shape index (κ3) is 3.21. The van der Waals surface area contributed by atoms with Crippen molar-refractivity contribution in [3.63, 3.8) is 0 Å². The van der Waals surface area contributed by atoms with Gasteiger partial charge < -0.3 is 9.64 Å². The SMILES string of the molecule is CC(C)N1CCC(Cc2nccnc2N2CCOC2=O)CC1. The molecule has 0 bridgehead atoms. The summed E-state index contributed by atoms with van der Waals surface area (Å²) in [5.41, 5.74) is 0.921. The highest BCUT2D eigenvalue weighted by Crippen LogP contribution is 2.26. The van der Waals surface area contributed by atoms with Crippen LogP contribution >= 0.6 is 0 Å². The van der Waals surface area contributed by atoms with Crippen molar-refractivity contribution in [1.82, 2.24) is 14.9 Å². The molecule has 0 aliphatic carbocycles. The van der Waals surface area contributed by atoms with E-state index in [2.05, 4.69) is 28.7 Å². The van der Waals surface area contributed by atoms with Gasteiger partial charge in [0.05, 0.1) is 12.2 Å². The summed E-state index contributed by atoms with van der Waals surface area (Å²) in [6.45, 7) is 7.78. The van der Waals surface area contributed by atoms with E-state index >= 15 is 0 Å². The molecule has 1 amide bonds. The van der Waals surface area contributed by atoms with Crippen molar-refractivity contribution < 1.29 is 9.53 Å². The minimum Gasteiger partial charge on any atom is -0.447 e. The van der Waals surface area contributed by atoms with Crippen LogP contribution < -0.4 is 4.90 Å². The van der Waals surface area contributed by atoms with Crippen molar-refractivity contribution >= 4 is 11.9 Å². The van der Waals surface area contributed by atoms with Crippen LogP contribution in [0.5, 0.6) is 0 Å². The molecule has 1 aromatic rings. The van der Waals surface area contributed by atoms with E-state index in [-0.39, 0.29) is 6.09 Å². The maximum Gasteiger partial charge on any atom is 0.415 e. The Bertz CT molecular complexity index is 527. The van der Waals surface area contributed by atoms with Crippen molar-refractivity contribution in [3.05, 3.63) is 18.1 Å². The quantitative estimate of drug-likeness (QED) is 0.852. The van der Waals surface area contributed by atoms with Crippen LogP contribution in [-0.2, 0) is 11.2 Å². The minimum absolute atomic E-state index is 0.309. The van der Waals surface area contributed by atoms with Crippen LogP contribution in [-0.4, -0.2) is 53.2 Å². The van der Waals surface area contributed by atoms with Gasteiger partial charge in [-0.3, -0.25) is 9.88 Å². The van der Waals surface area contributed by atoms with E-state index in [1.807, 2.05) is 0 Å². The fraction of sp³-hybridized carbons (Fsp3) is 0.688. The molecule has 2 fully saturated rings. The van der Waals surface area contributed by atoms with E-state index in [9.17, 15) is 4.79 Å². The molecular formula is C16H24N4O2. The summed E-state index contributed by atoms with van der Waals surface area (Å²) in [6, 6.07) is 0.618. The molecule has 6 heteroatoms. The molecule has 0 aromatic carbocycles. The molecule has 3 heterocycles. The first-order valence-corrected chi connectivity index (χ1v) is 8.13. The Kier molecular flexibility index (Phi) is 4.57. The number of hydrogen-bond donors (Lipinski definition) is 0. The van der Waals surface area contributed by atoms with Crippen LogP contribution in [0.2, 0.25) is 0 Å². The Labute approximate surface area is 131 Å². The zero-order chi connectivity index (χ0) is 15.5. The number of piperidine rings is 1. The van der Waals surface area contributed by atoms with Gasteiger partial charge in [0, 0.05) is 18.4 Å². The van der Waals surface area contributed by atoms with Crippen molar-refractivity contribution in [1.29, 1.82) is 0 Å². The molecule has 120 valence electrons. The summed E-state index contributed by atoms with van der Waals surface area (Å²) in [5, 5.41) is 0. The Balaban J connectivity index is 1.67. The molecule has 22 heavy (non-hydrogen) atoms. The van der Waals surface area contributed by atoms with E-state index in [1.54, 1.807) is 17.3 Å². The summed E-state index contributed by atoms with van der Waals surface area (Å²) in [7, 11) is 0. The summed E-state index contributed by atoms with van der Waals surface area (Å²) in [5.74, 6) is 1.29. The van der Waals surface area contributed by atoms with E-state index < -0.39 is 0 Å². The van der Waals surface area contributed by atoms with Gasteiger partial charge in [-0.05, 0) is 52.1 Å². The first-order valence-electron chi connectivity index (χ1n) is 8.13. The standard InChI is InChI=1S/C16H24N4O2/c1-12(2)19-7-3-13(4-8-19)11-14-15(18-6-5-17-14)20-9-10-22-16(20)21/h5-6,12-13H,3-4,7-11H2,1-2H3. The lowest BCUT2D eigenvalue weighted by Crippen LogP contribution is -2.39. The number of amides is 1. The molecule has 2 aliphatic rings. The van der Waals surface area contributed by atoms with Crippen molar-refractivity contribution in [2.45, 2.75) is 39.2 Å². The molecule has 3 rings (SSSR count). The highest BCUT2D eigenvalue weighted by atomic mass is 16.6. The topological polar surface area (TPSA) is 58.6 Å². The van der Waals surface area contributed by atoms with Gasteiger partial charge in [-0.15, -0.1) is 0 Å². The predicted octanol–water partition coefficient (Wildman–Crippen LogP) is 2.10. The van der Waals surface area contributed by atoms with Crippen molar-refractivity contribution in [3.8, 4) is 0 Å². The molecule has 0 radical (unpaired) electrons. The molecule has 0 unspecified atom stereocenters. The van der Waals surface area contributed by atoms with Gasteiger partial charge in [0.25, 0.3) is 0 Å². The average molecular weight is 304 g/mol. The number of aromatic nitrogens is 2. The summed E-state index contributed by atoms with van der Waals surface area (Å²) >= 11 is 0. The van der Waals surface area contributed by atoms with Crippen LogP contribution in [0.25, 0.3) is 0 Å². The fourth-order valence-corrected chi connectivity index (χ4v) is 3.26. The zero-order valence-electron chi connectivity index (χ0n) is 13.4. The predicted molar refractivity (Wildman–Crippen MR) is 83.9 cm³/mol. The Morgan fingerprint density at radius 2 is 1.95 bits per heavy atom. The zero-order valence-corrected chi connectivity index (χ0v) is 13.4. The van der Waals surface area contributed by atoms with Crippen LogP contribution in [0.3, 0.4) is 0 Å². The molecule has 0 atom stereocenters. The van der Waals surface area contributed by atoms with Crippen LogP contribution in [0, 0.1) is 5.92 Å². The van der Waals surface area contributed by atoms with Crippen molar-refractivity contribution in [2.75, 3.05) is 31.1 Å². The van der Waals surface area contributed by atoms with E-state index in [0.717, 1.165) is 25.2 Å². The Morgan fingerprint density at radius 1 is 1.23 bits per heavy atom. The Morgan fingerprint density at radius 3 is 2.59 bits per heavy atom. The number of carbonyl (C=O) groups excluding carboxylic acids is 1. The first kappa shape index (κ1) is 15.2. The lowest BCUT2D eigenvalue weighted by atomic mass is 9.91. The van der Waals surface area contributed by atoms with Gasteiger partial charge in [0.1, 0.15) is 6.61 Å². The lowest BCUT2D eigenvalue weighted by molar-refractivity contribution is 0.149. The molecular weight excluding hydrogens is 280 g/mol. The monoisotopic (exact) mass is 304 g/mol. The van der Waals surface area contributed by atoms with Crippen LogP contribution in [0.15, 0.2) is 12.4 Å². The number of rotatable bonds is 4. The largest absolute Gasteiger partial charge is 0.447 e. The summed E-state index contributed by atoms with van der Waals surface area (Å²) < 4.78 is 5.02. The van der Waals surface area contributed by atoms with Crippen molar-refractivity contribution in [2.24, 2.45) is 5.92 Å². The molecule has 0 spiro atoms. The number of nitrogens with zero attached hydrogens (tertiary/aromatic N) is 4. The number of carbonyl (C=O) groups is 1.